The highest BCUT2D eigenvalue weighted by molar-refractivity contribution is 6.99. The van der Waals surface area contributed by atoms with E-state index in [0.717, 1.165) is 24.6 Å². The van der Waals surface area contributed by atoms with E-state index in [9.17, 15) is 0 Å². The van der Waals surface area contributed by atoms with Crippen LogP contribution in [-0.4, -0.2) is 28.6 Å². The molecule has 6 rings (SSSR count). The summed E-state index contributed by atoms with van der Waals surface area (Å²) < 4.78 is 14.8. The summed E-state index contributed by atoms with van der Waals surface area (Å²) in [7, 11) is -4.32. The summed E-state index contributed by atoms with van der Waals surface area (Å²) in [5.41, 5.74) is 4.71. The average molecular weight is 681 g/mol. The molecule has 0 bridgehead atoms. The molecule has 1 aliphatic rings. The molecule has 0 amide bonds. The van der Waals surface area contributed by atoms with Crippen molar-refractivity contribution in [3.63, 3.8) is 0 Å². The third-order valence-corrected chi connectivity index (χ3v) is 16.6. The van der Waals surface area contributed by atoms with E-state index >= 15 is 0 Å². The van der Waals surface area contributed by atoms with Crippen molar-refractivity contribution in [1.29, 1.82) is 0 Å². The molecule has 0 saturated carbocycles. The molecular weight excluding hydrogens is 629 g/mol. The highest BCUT2D eigenvalue weighted by Gasteiger charge is 2.55. The maximum Gasteiger partial charge on any atom is 0.262 e. The first kappa shape index (κ1) is 34.9. The molecule has 0 spiro atoms. The van der Waals surface area contributed by atoms with Gasteiger partial charge in [0, 0.05) is 19.6 Å². The predicted octanol–water partition coefficient (Wildman–Crippen LogP) is 10.6. The van der Waals surface area contributed by atoms with Crippen LogP contribution in [-0.2, 0) is 4.43 Å². The molecule has 5 aromatic rings. The van der Waals surface area contributed by atoms with Crippen molar-refractivity contribution in [3.8, 4) is 5.75 Å². The number of benzene rings is 5. The maximum absolute atomic E-state index is 8.00. The lowest BCUT2D eigenvalue weighted by Gasteiger charge is -2.49. The predicted molar refractivity (Wildman–Crippen MR) is 213 cm³/mol. The Morgan fingerprint density at radius 1 is 0.633 bits per heavy atom. The Kier molecular flexibility index (Phi) is 10.3. The summed E-state index contributed by atoms with van der Waals surface area (Å²) >= 11 is 0. The topological polar surface area (TPSA) is 18.5 Å². The van der Waals surface area contributed by atoms with Crippen LogP contribution in [0.25, 0.3) is 0 Å². The zero-order chi connectivity index (χ0) is 34.5. The van der Waals surface area contributed by atoms with Crippen molar-refractivity contribution in [2.24, 2.45) is 0 Å². The van der Waals surface area contributed by atoms with Crippen LogP contribution >= 0.6 is 0 Å². The van der Waals surface area contributed by atoms with Crippen molar-refractivity contribution < 1.29 is 9.16 Å². The van der Waals surface area contributed by atoms with Gasteiger partial charge in [0.1, 0.15) is 12.4 Å². The lowest BCUT2D eigenvalue weighted by Crippen LogP contribution is -2.69. The fourth-order valence-electron chi connectivity index (χ4n) is 7.97. The summed E-state index contributed by atoms with van der Waals surface area (Å²) in [6, 6.07) is 53.4. The van der Waals surface area contributed by atoms with E-state index < -0.39 is 16.4 Å². The Balaban J connectivity index is 1.37. The Morgan fingerprint density at radius 2 is 1.10 bits per heavy atom. The summed E-state index contributed by atoms with van der Waals surface area (Å²) in [6.07, 6.45) is 4.46. The van der Waals surface area contributed by atoms with Gasteiger partial charge in [-0.3, -0.25) is 0 Å². The Hall–Kier alpha value is -3.97. The molecule has 0 aromatic heterocycles. The molecule has 0 fully saturated rings. The molecule has 0 N–H and O–H groups in total. The molecule has 49 heavy (non-hydrogen) atoms. The van der Waals surface area contributed by atoms with E-state index in [1.165, 1.54) is 32.6 Å². The van der Waals surface area contributed by atoms with Crippen LogP contribution in [0.3, 0.4) is 0 Å². The van der Waals surface area contributed by atoms with Crippen molar-refractivity contribution >= 4 is 26.8 Å². The van der Waals surface area contributed by atoms with E-state index in [0.29, 0.717) is 6.61 Å². The standard InChI is InChI=1S/C45H52O2Si2/c1-44(2,3)49(39-25-15-9-16-26-39,40-27-17-10-18-28-40)47-45(35-48(4,5)6)32-31-36(33-45)34-46-42-30-20-19-29-41(42)43(37-21-11-7-12-22-37)38-23-13-8-14-24-38/h7-30,33,43H,31-32,34-35H2,1-6H3. The average Bonchev–Trinajstić information content (AvgIpc) is 3.49. The van der Waals surface area contributed by atoms with E-state index in [4.69, 9.17) is 9.16 Å². The minimum absolute atomic E-state index is 0.0839. The van der Waals surface area contributed by atoms with Gasteiger partial charge in [0.15, 0.2) is 0 Å². The SMILES string of the molecule is CC(C)(C)[Si](OC1(C[Si](C)(C)C)C=C(COc2ccccc2C(c2ccccc2)c2ccccc2)CC1)(c1ccccc1)c1ccccc1. The van der Waals surface area contributed by atoms with Gasteiger partial charge in [0.25, 0.3) is 8.32 Å². The van der Waals surface area contributed by atoms with Gasteiger partial charge in [0.05, 0.1) is 5.60 Å². The molecule has 0 radical (unpaired) electrons. The van der Waals surface area contributed by atoms with Gasteiger partial charge in [-0.2, -0.15) is 0 Å². The van der Waals surface area contributed by atoms with Crippen molar-refractivity contribution in [2.75, 3.05) is 6.61 Å². The first-order valence-electron chi connectivity index (χ1n) is 17.8. The van der Waals surface area contributed by atoms with Gasteiger partial charge in [-0.05, 0) is 57.1 Å². The van der Waals surface area contributed by atoms with Crippen LogP contribution in [0.2, 0.25) is 30.7 Å². The largest absolute Gasteiger partial charge is 0.489 e. The zero-order valence-corrected chi connectivity index (χ0v) is 32.2. The van der Waals surface area contributed by atoms with Gasteiger partial charge >= 0.3 is 0 Å². The molecule has 1 atom stereocenters. The third-order valence-electron chi connectivity index (χ3n) is 9.85. The summed E-state index contributed by atoms with van der Waals surface area (Å²) in [6.45, 7) is 15.2. The zero-order valence-electron chi connectivity index (χ0n) is 30.2. The molecular formula is C45H52O2Si2. The molecule has 4 heteroatoms. The number of rotatable bonds is 12. The van der Waals surface area contributed by atoms with E-state index in [2.05, 4.69) is 192 Å². The Morgan fingerprint density at radius 3 is 1.59 bits per heavy atom. The number of hydrogen-bond acceptors (Lipinski definition) is 2. The molecule has 5 aromatic carbocycles. The fraction of sp³-hybridized carbons (Fsp3) is 0.289. The van der Waals surface area contributed by atoms with Crippen molar-refractivity contribution in [3.05, 3.63) is 174 Å². The number of para-hydroxylation sites is 1. The molecule has 2 nitrogen and oxygen atoms in total. The highest BCUT2D eigenvalue weighted by Crippen LogP contribution is 2.46. The maximum atomic E-state index is 8.00. The highest BCUT2D eigenvalue weighted by atomic mass is 28.4. The molecule has 0 heterocycles. The van der Waals surface area contributed by atoms with Crippen LogP contribution in [0, 0.1) is 0 Å². The van der Waals surface area contributed by atoms with Crippen molar-refractivity contribution in [2.45, 2.75) is 75.9 Å². The van der Waals surface area contributed by atoms with Gasteiger partial charge in [-0.25, -0.2) is 0 Å². The molecule has 0 saturated heterocycles. The smallest absolute Gasteiger partial charge is 0.262 e. The Labute approximate surface area is 297 Å². The lowest BCUT2D eigenvalue weighted by molar-refractivity contribution is 0.125. The van der Waals surface area contributed by atoms with Crippen LogP contribution in [0.5, 0.6) is 5.75 Å². The lowest BCUT2D eigenvalue weighted by atomic mass is 9.85. The number of hydrogen-bond donors (Lipinski definition) is 0. The van der Waals surface area contributed by atoms with Gasteiger partial charge < -0.3 is 9.16 Å². The molecule has 1 aliphatic carbocycles. The van der Waals surface area contributed by atoms with Crippen LogP contribution < -0.4 is 15.1 Å². The fourth-order valence-corrected chi connectivity index (χ4v) is 15.0. The second-order valence-electron chi connectivity index (χ2n) is 16.0. The second kappa shape index (κ2) is 14.5. The van der Waals surface area contributed by atoms with E-state index in [1.807, 2.05) is 0 Å². The van der Waals surface area contributed by atoms with Crippen molar-refractivity contribution in [1.82, 2.24) is 0 Å². The number of ether oxygens (including phenoxy) is 1. The second-order valence-corrected chi connectivity index (χ2v) is 25.6. The minimum Gasteiger partial charge on any atom is -0.489 e. The summed E-state index contributed by atoms with van der Waals surface area (Å²) in [5, 5.41) is 2.59. The van der Waals surface area contributed by atoms with E-state index in [-0.39, 0.29) is 16.6 Å². The van der Waals surface area contributed by atoms with Crippen LogP contribution in [0.4, 0.5) is 0 Å². The summed E-state index contributed by atoms with van der Waals surface area (Å²) in [5.74, 6) is 1.03. The minimum atomic E-state index is -2.76. The van der Waals surface area contributed by atoms with Gasteiger partial charge in [-0.1, -0.05) is 186 Å². The quantitative estimate of drug-likeness (QED) is 0.0742. The first-order chi connectivity index (χ1) is 23.5. The molecule has 1 unspecified atom stereocenters. The molecule has 0 aliphatic heterocycles. The normalized spacial score (nSPS) is 16.8. The van der Waals surface area contributed by atoms with Crippen LogP contribution in [0.15, 0.2) is 157 Å². The first-order valence-corrected chi connectivity index (χ1v) is 23.4. The van der Waals surface area contributed by atoms with E-state index in [1.54, 1.807) is 0 Å². The van der Waals surface area contributed by atoms with Gasteiger partial charge in [0.2, 0.25) is 0 Å². The monoisotopic (exact) mass is 680 g/mol. The van der Waals surface area contributed by atoms with Gasteiger partial charge in [-0.15, -0.1) is 0 Å². The summed E-state index contributed by atoms with van der Waals surface area (Å²) in [4.78, 5) is 0. The van der Waals surface area contributed by atoms with Crippen LogP contribution in [0.1, 0.15) is 56.2 Å². The Bertz CT molecular complexity index is 1750. The molecule has 252 valence electrons. The third kappa shape index (κ3) is 7.77.